The lowest BCUT2D eigenvalue weighted by Gasteiger charge is -2.07. The molecule has 0 atom stereocenters. The van der Waals surface area contributed by atoms with E-state index < -0.39 is 11.9 Å². The molecule has 0 radical (unpaired) electrons. The quantitative estimate of drug-likeness (QED) is 0.849. The van der Waals surface area contributed by atoms with Crippen LogP contribution in [0.3, 0.4) is 0 Å². The van der Waals surface area contributed by atoms with Crippen molar-refractivity contribution in [3.63, 3.8) is 0 Å². The number of hydrogen-bond acceptors (Lipinski definition) is 2. The van der Waals surface area contributed by atoms with Crippen LogP contribution in [0.2, 0.25) is 0 Å². The number of anilines is 1. The molecule has 2 rings (SSSR count). The Labute approximate surface area is 126 Å². The molecule has 0 bridgehead atoms. The summed E-state index contributed by atoms with van der Waals surface area (Å²) in [4.78, 5) is 22.8. The SMILES string of the molecule is Cc1ccc(C(=O)O)cc1NC(=O)/C=C/c1cccc(F)c1. The van der Waals surface area contributed by atoms with Crippen molar-refractivity contribution in [2.75, 3.05) is 5.32 Å². The molecule has 22 heavy (non-hydrogen) atoms. The number of carboxylic acids is 1. The molecule has 0 aliphatic carbocycles. The zero-order valence-electron chi connectivity index (χ0n) is 11.8. The summed E-state index contributed by atoms with van der Waals surface area (Å²) in [6.45, 7) is 1.76. The zero-order chi connectivity index (χ0) is 16.1. The van der Waals surface area contributed by atoms with Crippen molar-refractivity contribution in [2.24, 2.45) is 0 Å². The summed E-state index contributed by atoms with van der Waals surface area (Å²) < 4.78 is 13.0. The highest BCUT2D eigenvalue weighted by Gasteiger charge is 2.07. The summed E-state index contributed by atoms with van der Waals surface area (Å²) in [6, 6.07) is 10.3. The fourth-order valence-corrected chi connectivity index (χ4v) is 1.85. The molecule has 0 aromatic heterocycles. The monoisotopic (exact) mass is 299 g/mol. The van der Waals surface area contributed by atoms with Crippen LogP contribution >= 0.6 is 0 Å². The molecule has 0 saturated heterocycles. The Morgan fingerprint density at radius 3 is 2.64 bits per heavy atom. The second kappa shape index (κ2) is 6.67. The smallest absolute Gasteiger partial charge is 0.335 e. The van der Waals surface area contributed by atoms with E-state index in [4.69, 9.17) is 5.11 Å². The number of rotatable bonds is 4. The van der Waals surface area contributed by atoms with E-state index in [1.807, 2.05) is 0 Å². The van der Waals surface area contributed by atoms with Gasteiger partial charge in [-0.15, -0.1) is 0 Å². The fourth-order valence-electron chi connectivity index (χ4n) is 1.85. The van der Waals surface area contributed by atoms with Crippen molar-refractivity contribution >= 4 is 23.6 Å². The number of amides is 1. The first-order chi connectivity index (χ1) is 10.5. The number of carbonyl (C=O) groups is 2. The number of halogens is 1. The molecule has 0 aliphatic heterocycles. The second-order valence-corrected chi connectivity index (χ2v) is 4.71. The first-order valence-corrected chi connectivity index (χ1v) is 6.54. The molecule has 1 amide bonds. The largest absolute Gasteiger partial charge is 0.478 e. The van der Waals surface area contributed by atoms with E-state index in [1.54, 1.807) is 25.1 Å². The molecular weight excluding hydrogens is 285 g/mol. The molecule has 0 aliphatic rings. The van der Waals surface area contributed by atoms with E-state index in [1.165, 1.54) is 36.4 Å². The minimum Gasteiger partial charge on any atom is -0.478 e. The number of carbonyl (C=O) groups excluding carboxylic acids is 1. The van der Waals surface area contributed by atoms with Crippen LogP contribution in [0.15, 0.2) is 48.5 Å². The van der Waals surface area contributed by atoms with Crippen LogP contribution < -0.4 is 5.32 Å². The highest BCUT2D eigenvalue weighted by atomic mass is 19.1. The van der Waals surface area contributed by atoms with Gasteiger partial charge < -0.3 is 10.4 Å². The van der Waals surface area contributed by atoms with Gasteiger partial charge in [-0.3, -0.25) is 4.79 Å². The Balaban J connectivity index is 2.12. The van der Waals surface area contributed by atoms with Crippen LogP contribution in [-0.4, -0.2) is 17.0 Å². The average Bonchev–Trinajstić information content (AvgIpc) is 2.47. The van der Waals surface area contributed by atoms with Crippen LogP contribution in [0.25, 0.3) is 6.08 Å². The number of aromatic carboxylic acids is 1. The van der Waals surface area contributed by atoms with Gasteiger partial charge in [0.2, 0.25) is 5.91 Å². The van der Waals surface area contributed by atoms with Crippen LogP contribution in [0, 0.1) is 12.7 Å². The summed E-state index contributed by atoms with van der Waals surface area (Å²) >= 11 is 0. The van der Waals surface area contributed by atoms with Gasteiger partial charge in [0.1, 0.15) is 5.82 Å². The lowest BCUT2D eigenvalue weighted by atomic mass is 10.1. The summed E-state index contributed by atoms with van der Waals surface area (Å²) in [5, 5.41) is 11.6. The number of nitrogens with one attached hydrogen (secondary N) is 1. The van der Waals surface area contributed by atoms with Crippen molar-refractivity contribution in [2.45, 2.75) is 6.92 Å². The average molecular weight is 299 g/mol. The fraction of sp³-hybridized carbons (Fsp3) is 0.0588. The maximum atomic E-state index is 13.0. The van der Waals surface area contributed by atoms with Gasteiger partial charge in [0.15, 0.2) is 0 Å². The van der Waals surface area contributed by atoms with Crippen LogP contribution in [0.4, 0.5) is 10.1 Å². The van der Waals surface area contributed by atoms with Gasteiger partial charge in [0.05, 0.1) is 5.56 Å². The Bertz CT molecular complexity index is 753. The van der Waals surface area contributed by atoms with Crippen LogP contribution in [0.5, 0.6) is 0 Å². The predicted octanol–water partition coefficient (Wildman–Crippen LogP) is 3.48. The highest BCUT2D eigenvalue weighted by molar-refractivity contribution is 6.03. The van der Waals surface area contributed by atoms with Crippen molar-refractivity contribution < 1.29 is 19.1 Å². The first kappa shape index (κ1) is 15.4. The molecule has 112 valence electrons. The third-order valence-electron chi connectivity index (χ3n) is 3.02. The molecule has 0 fully saturated rings. The molecule has 4 nitrogen and oxygen atoms in total. The van der Waals surface area contributed by atoms with Crippen LogP contribution in [0.1, 0.15) is 21.5 Å². The van der Waals surface area contributed by atoms with E-state index >= 15 is 0 Å². The summed E-state index contributed by atoms with van der Waals surface area (Å²) in [5.41, 5.74) is 1.83. The number of carboxylic acid groups (broad SMARTS) is 1. The number of benzene rings is 2. The minimum absolute atomic E-state index is 0.0926. The van der Waals surface area contributed by atoms with Gasteiger partial charge in [-0.05, 0) is 48.4 Å². The molecule has 0 saturated carbocycles. The summed E-state index contributed by atoms with van der Waals surface area (Å²) in [7, 11) is 0. The standard InChI is InChI=1S/C17H14FNO3/c1-11-5-7-13(17(21)22)10-15(11)19-16(20)8-6-12-3-2-4-14(18)9-12/h2-10H,1H3,(H,19,20)(H,21,22)/b8-6+. The van der Waals surface area contributed by atoms with E-state index in [0.717, 1.165) is 5.56 Å². The Hall–Kier alpha value is -2.95. The number of hydrogen-bond donors (Lipinski definition) is 2. The van der Waals surface area contributed by atoms with Gasteiger partial charge in [0, 0.05) is 11.8 Å². The third kappa shape index (κ3) is 4.02. The minimum atomic E-state index is -1.06. The maximum Gasteiger partial charge on any atom is 0.335 e. The highest BCUT2D eigenvalue weighted by Crippen LogP contribution is 2.17. The normalized spacial score (nSPS) is 10.6. The van der Waals surface area contributed by atoms with Gasteiger partial charge in [-0.25, -0.2) is 9.18 Å². The van der Waals surface area contributed by atoms with Gasteiger partial charge >= 0.3 is 5.97 Å². The van der Waals surface area contributed by atoms with E-state index in [0.29, 0.717) is 11.3 Å². The van der Waals surface area contributed by atoms with Gasteiger partial charge in [-0.2, -0.15) is 0 Å². The Kier molecular flexibility index (Phi) is 4.68. The molecule has 2 N–H and O–H groups in total. The van der Waals surface area contributed by atoms with Gasteiger partial charge in [0.25, 0.3) is 0 Å². The van der Waals surface area contributed by atoms with E-state index in [9.17, 15) is 14.0 Å². The number of aryl methyl sites for hydroxylation is 1. The van der Waals surface area contributed by atoms with Crippen molar-refractivity contribution in [1.29, 1.82) is 0 Å². The Morgan fingerprint density at radius 1 is 1.18 bits per heavy atom. The van der Waals surface area contributed by atoms with Crippen molar-refractivity contribution in [3.8, 4) is 0 Å². The van der Waals surface area contributed by atoms with Crippen LogP contribution in [-0.2, 0) is 4.79 Å². The maximum absolute atomic E-state index is 13.0. The molecule has 5 heteroatoms. The van der Waals surface area contributed by atoms with E-state index in [-0.39, 0.29) is 11.4 Å². The third-order valence-corrected chi connectivity index (χ3v) is 3.02. The second-order valence-electron chi connectivity index (χ2n) is 4.71. The summed E-state index contributed by atoms with van der Waals surface area (Å²) in [5.74, 6) is -1.87. The molecular formula is C17H14FNO3. The van der Waals surface area contributed by atoms with Gasteiger partial charge in [-0.1, -0.05) is 18.2 Å². The van der Waals surface area contributed by atoms with E-state index in [2.05, 4.69) is 5.32 Å². The summed E-state index contributed by atoms with van der Waals surface area (Å²) in [6.07, 6.45) is 2.75. The molecule has 0 heterocycles. The predicted molar refractivity (Wildman–Crippen MR) is 82.2 cm³/mol. The first-order valence-electron chi connectivity index (χ1n) is 6.54. The lowest BCUT2D eigenvalue weighted by Crippen LogP contribution is -2.10. The van der Waals surface area contributed by atoms with Crippen molar-refractivity contribution in [3.05, 3.63) is 71.0 Å². The molecule has 2 aromatic rings. The topological polar surface area (TPSA) is 66.4 Å². The van der Waals surface area contributed by atoms with Crippen molar-refractivity contribution in [1.82, 2.24) is 0 Å². The zero-order valence-corrected chi connectivity index (χ0v) is 11.8. The lowest BCUT2D eigenvalue weighted by molar-refractivity contribution is -0.111. The molecule has 0 spiro atoms. The molecule has 2 aromatic carbocycles. The Morgan fingerprint density at radius 2 is 1.95 bits per heavy atom. The molecule has 0 unspecified atom stereocenters.